The van der Waals surface area contributed by atoms with E-state index in [2.05, 4.69) is 5.32 Å². The van der Waals surface area contributed by atoms with E-state index in [4.69, 9.17) is 21.4 Å². The van der Waals surface area contributed by atoms with Gasteiger partial charge in [-0.3, -0.25) is 4.79 Å². The van der Waals surface area contributed by atoms with Crippen LogP contribution in [0.5, 0.6) is 0 Å². The average molecular weight is 284 g/mol. The van der Waals surface area contributed by atoms with Gasteiger partial charge in [-0.25, -0.2) is 4.79 Å². The first-order chi connectivity index (χ1) is 9.06. The highest BCUT2D eigenvalue weighted by Crippen LogP contribution is 2.22. The first-order valence-electron chi connectivity index (χ1n) is 6.00. The average Bonchev–Trinajstić information content (AvgIpc) is 2.83. The van der Waals surface area contributed by atoms with Gasteiger partial charge in [0.05, 0.1) is 23.8 Å². The largest absolute Gasteiger partial charge is 0.478 e. The summed E-state index contributed by atoms with van der Waals surface area (Å²) in [4.78, 5) is 22.9. The van der Waals surface area contributed by atoms with Crippen LogP contribution in [0, 0.1) is 0 Å². The van der Waals surface area contributed by atoms with E-state index in [1.807, 2.05) is 0 Å². The van der Waals surface area contributed by atoms with Crippen molar-refractivity contribution in [3.63, 3.8) is 0 Å². The van der Waals surface area contributed by atoms with Crippen LogP contribution in [0.2, 0.25) is 5.02 Å². The zero-order valence-electron chi connectivity index (χ0n) is 10.2. The number of nitrogens with one attached hydrogen (secondary N) is 1. The van der Waals surface area contributed by atoms with E-state index in [0.717, 1.165) is 12.8 Å². The van der Waals surface area contributed by atoms with E-state index in [0.29, 0.717) is 11.6 Å². The Balaban J connectivity index is 2.05. The molecule has 0 aliphatic carbocycles. The van der Waals surface area contributed by atoms with Crippen LogP contribution in [0.3, 0.4) is 0 Å². The molecular formula is C13H14ClNO4. The number of carboxylic acids is 1. The molecule has 0 spiro atoms. The van der Waals surface area contributed by atoms with Crippen molar-refractivity contribution < 1.29 is 19.4 Å². The van der Waals surface area contributed by atoms with Gasteiger partial charge >= 0.3 is 5.97 Å². The van der Waals surface area contributed by atoms with E-state index < -0.39 is 5.97 Å². The molecule has 0 saturated carbocycles. The Morgan fingerprint density at radius 3 is 2.89 bits per heavy atom. The third-order valence-electron chi connectivity index (χ3n) is 2.92. The molecule has 1 fully saturated rings. The van der Waals surface area contributed by atoms with Crippen LogP contribution < -0.4 is 5.32 Å². The molecule has 19 heavy (non-hydrogen) atoms. The monoisotopic (exact) mass is 283 g/mol. The quantitative estimate of drug-likeness (QED) is 0.890. The second kappa shape index (κ2) is 6.04. The van der Waals surface area contributed by atoms with Crippen LogP contribution in [0.15, 0.2) is 18.2 Å². The molecule has 2 rings (SSSR count). The van der Waals surface area contributed by atoms with Gasteiger partial charge in [-0.05, 0) is 31.0 Å². The molecule has 1 saturated heterocycles. The second-order valence-corrected chi connectivity index (χ2v) is 4.82. The van der Waals surface area contributed by atoms with Crippen molar-refractivity contribution in [2.24, 2.45) is 0 Å². The van der Waals surface area contributed by atoms with Gasteiger partial charge in [-0.15, -0.1) is 0 Å². The van der Waals surface area contributed by atoms with Gasteiger partial charge in [0.25, 0.3) is 0 Å². The van der Waals surface area contributed by atoms with Crippen molar-refractivity contribution >= 4 is 29.2 Å². The number of benzene rings is 1. The Morgan fingerprint density at radius 1 is 1.47 bits per heavy atom. The molecule has 2 N–H and O–H groups in total. The predicted octanol–water partition coefficient (Wildman–Crippen LogP) is 2.55. The lowest BCUT2D eigenvalue weighted by Gasteiger charge is -2.11. The van der Waals surface area contributed by atoms with Crippen molar-refractivity contribution in [3.8, 4) is 0 Å². The Labute approximate surface area is 115 Å². The van der Waals surface area contributed by atoms with E-state index >= 15 is 0 Å². The fourth-order valence-electron chi connectivity index (χ4n) is 2.02. The summed E-state index contributed by atoms with van der Waals surface area (Å²) in [6, 6.07) is 4.33. The van der Waals surface area contributed by atoms with Crippen LogP contribution >= 0.6 is 11.6 Å². The fourth-order valence-corrected chi connectivity index (χ4v) is 2.19. The third kappa shape index (κ3) is 3.68. The smallest absolute Gasteiger partial charge is 0.337 e. The Hall–Kier alpha value is -1.59. The molecule has 1 atom stereocenters. The summed E-state index contributed by atoms with van der Waals surface area (Å²) in [5, 5.41) is 12.0. The summed E-state index contributed by atoms with van der Waals surface area (Å²) in [5.74, 6) is -1.38. The lowest BCUT2D eigenvalue weighted by atomic mass is 10.1. The lowest BCUT2D eigenvalue weighted by Crippen LogP contribution is -2.20. The maximum Gasteiger partial charge on any atom is 0.337 e. The van der Waals surface area contributed by atoms with Gasteiger partial charge in [0.1, 0.15) is 0 Å². The molecule has 1 aliphatic heterocycles. The van der Waals surface area contributed by atoms with Crippen molar-refractivity contribution in [2.75, 3.05) is 11.9 Å². The number of aromatic carboxylic acids is 1. The molecule has 1 amide bonds. The number of ether oxygens (including phenoxy) is 1. The number of hydrogen-bond donors (Lipinski definition) is 2. The molecule has 0 aromatic heterocycles. The fraction of sp³-hybridized carbons (Fsp3) is 0.385. The van der Waals surface area contributed by atoms with Crippen molar-refractivity contribution in [1.82, 2.24) is 0 Å². The van der Waals surface area contributed by atoms with E-state index in [9.17, 15) is 9.59 Å². The van der Waals surface area contributed by atoms with E-state index in [1.165, 1.54) is 18.2 Å². The molecule has 0 bridgehead atoms. The molecule has 6 heteroatoms. The van der Waals surface area contributed by atoms with Gasteiger partial charge < -0.3 is 15.2 Å². The van der Waals surface area contributed by atoms with Gasteiger partial charge in [-0.1, -0.05) is 11.6 Å². The predicted molar refractivity (Wildman–Crippen MR) is 70.6 cm³/mol. The zero-order valence-corrected chi connectivity index (χ0v) is 10.9. The summed E-state index contributed by atoms with van der Waals surface area (Å²) in [6.45, 7) is 0.680. The molecule has 1 unspecified atom stereocenters. The van der Waals surface area contributed by atoms with Crippen molar-refractivity contribution in [2.45, 2.75) is 25.4 Å². The molecule has 1 aromatic rings. The number of carbonyl (C=O) groups excluding carboxylic acids is 1. The van der Waals surface area contributed by atoms with E-state index in [-0.39, 0.29) is 29.7 Å². The van der Waals surface area contributed by atoms with Crippen LogP contribution in [0.1, 0.15) is 29.6 Å². The van der Waals surface area contributed by atoms with Crippen LogP contribution in [0.4, 0.5) is 5.69 Å². The highest BCUT2D eigenvalue weighted by atomic mass is 35.5. The van der Waals surface area contributed by atoms with Gasteiger partial charge in [-0.2, -0.15) is 0 Å². The summed E-state index contributed by atoms with van der Waals surface area (Å²) in [5.41, 5.74) is 0.230. The number of amides is 1. The van der Waals surface area contributed by atoms with Crippen LogP contribution in [0.25, 0.3) is 0 Å². The summed E-state index contributed by atoms with van der Waals surface area (Å²) < 4.78 is 5.36. The molecule has 1 heterocycles. The number of rotatable bonds is 4. The number of carbonyl (C=O) groups is 2. The second-order valence-electron chi connectivity index (χ2n) is 4.38. The highest BCUT2D eigenvalue weighted by Gasteiger charge is 2.20. The Morgan fingerprint density at radius 2 is 2.26 bits per heavy atom. The molecule has 0 radical (unpaired) electrons. The standard InChI is InChI=1S/C13H14ClNO4/c14-8-3-4-11(10(6-8)13(17)18)15-12(16)7-9-2-1-5-19-9/h3-4,6,9H,1-2,5,7H2,(H,15,16)(H,17,18). The first-order valence-corrected chi connectivity index (χ1v) is 6.38. The van der Waals surface area contributed by atoms with Gasteiger partial charge in [0.2, 0.25) is 5.91 Å². The minimum atomic E-state index is -1.13. The lowest BCUT2D eigenvalue weighted by molar-refractivity contribution is -0.118. The Kier molecular flexibility index (Phi) is 4.39. The highest BCUT2D eigenvalue weighted by molar-refractivity contribution is 6.31. The van der Waals surface area contributed by atoms with Gasteiger partial charge in [0.15, 0.2) is 0 Å². The Bertz CT molecular complexity index is 497. The molecule has 1 aliphatic rings. The third-order valence-corrected chi connectivity index (χ3v) is 3.16. The van der Waals surface area contributed by atoms with Crippen LogP contribution in [-0.2, 0) is 9.53 Å². The minimum absolute atomic E-state index is 0.0202. The first kappa shape index (κ1) is 13.8. The SMILES string of the molecule is O=C(CC1CCCO1)Nc1ccc(Cl)cc1C(=O)O. The van der Waals surface area contributed by atoms with E-state index in [1.54, 1.807) is 0 Å². The minimum Gasteiger partial charge on any atom is -0.478 e. The number of carboxylic acid groups (broad SMARTS) is 1. The molecule has 1 aromatic carbocycles. The summed E-state index contributed by atoms with van der Waals surface area (Å²) in [7, 11) is 0. The normalized spacial score (nSPS) is 18.3. The van der Waals surface area contributed by atoms with Crippen molar-refractivity contribution in [3.05, 3.63) is 28.8 Å². The number of halogens is 1. The number of anilines is 1. The number of hydrogen-bond acceptors (Lipinski definition) is 3. The van der Waals surface area contributed by atoms with Crippen LogP contribution in [-0.4, -0.2) is 29.7 Å². The zero-order chi connectivity index (χ0) is 13.8. The topological polar surface area (TPSA) is 75.6 Å². The maximum absolute atomic E-state index is 11.8. The molecule has 102 valence electrons. The maximum atomic E-state index is 11.8. The molecule has 5 nitrogen and oxygen atoms in total. The van der Waals surface area contributed by atoms with Crippen molar-refractivity contribution in [1.29, 1.82) is 0 Å². The molecular weight excluding hydrogens is 270 g/mol. The van der Waals surface area contributed by atoms with Gasteiger partial charge in [0, 0.05) is 11.6 Å². The summed E-state index contributed by atoms with van der Waals surface area (Å²) in [6.07, 6.45) is 1.99. The summed E-state index contributed by atoms with van der Waals surface area (Å²) >= 11 is 5.74.